The number of rotatable bonds is 4. The summed E-state index contributed by atoms with van der Waals surface area (Å²) in [6.45, 7) is 2.37. The van der Waals surface area contributed by atoms with Crippen molar-refractivity contribution >= 4 is 33.8 Å². The third kappa shape index (κ3) is 3.23. The molecule has 116 valence electrons. The lowest BCUT2D eigenvalue weighted by Gasteiger charge is -2.18. The van der Waals surface area contributed by atoms with Gasteiger partial charge >= 0.3 is 0 Å². The quantitative estimate of drug-likeness (QED) is 0.719. The van der Waals surface area contributed by atoms with E-state index >= 15 is 0 Å². The molecule has 1 amide bonds. The van der Waals surface area contributed by atoms with Crippen molar-refractivity contribution in [1.29, 1.82) is 0 Å². The zero-order chi connectivity index (χ0) is 16.2. The van der Waals surface area contributed by atoms with Crippen molar-refractivity contribution in [2.24, 2.45) is 0 Å². The highest BCUT2D eigenvalue weighted by atomic mass is 35.5. The zero-order valence-corrected chi connectivity index (χ0v) is 13.9. The lowest BCUT2D eigenvalue weighted by atomic mass is 10.3. The maximum absolute atomic E-state index is 12.6. The monoisotopic (exact) mass is 344 g/mol. The first-order valence-corrected chi connectivity index (χ1v) is 8.19. The number of hydrogen-bond donors (Lipinski definition) is 0. The van der Waals surface area contributed by atoms with Crippen LogP contribution < -0.4 is 4.90 Å². The van der Waals surface area contributed by atoms with E-state index in [-0.39, 0.29) is 5.91 Å². The summed E-state index contributed by atoms with van der Waals surface area (Å²) in [7, 11) is 0. The van der Waals surface area contributed by atoms with Crippen molar-refractivity contribution in [1.82, 2.24) is 15.0 Å². The van der Waals surface area contributed by atoms with Crippen molar-refractivity contribution in [3.05, 3.63) is 59.8 Å². The minimum atomic E-state index is -0.198. The molecule has 0 fully saturated rings. The second-order valence-corrected chi connectivity index (χ2v) is 5.96. The van der Waals surface area contributed by atoms with Gasteiger partial charge < -0.3 is 0 Å². The van der Waals surface area contributed by atoms with Crippen LogP contribution in [0.15, 0.2) is 48.9 Å². The van der Waals surface area contributed by atoms with Crippen LogP contribution in [-0.2, 0) is 0 Å². The third-order valence-corrected chi connectivity index (χ3v) is 4.67. The minimum Gasteiger partial charge on any atom is -0.296 e. The average Bonchev–Trinajstić information content (AvgIpc) is 2.99. The standard InChI is InChI=1S/C16H13ClN4OS/c1-2-21(15(22)12-7-3-4-9-19-12)16-13(17)20-14(23-16)11-6-5-8-18-10-11/h3-10H,2H2,1H3. The number of carbonyl (C=O) groups is 1. The molecule has 0 aliphatic rings. The highest BCUT2D eigenvalue weighted by molar-refractivity contribution is 7.19. The lowest BCUT2D eigenvalue weighted by Crippen LogP contribution is -2.30. The Morgan fingerprint density at radius 3 is 2.78 bits per heavy atom. The van der Waals surface area contributed by atoms with E-state index in [0.717, 1.165) is 10.6 Å². The van der Waals surface area contributed by atoms with Gasteiger partial charge in [-0.2, -0.15) is 0 Å². The van der Waals surface area contributed by atoms with Crippen molar-refractivity contribution < 1.29 is 4.79 Å². The van der Waals surface area contributed by atoms with Gasteiger partial charge in [-0.05, 0) is 31.2 Å². The average molecular weight is 345 g/mol. The fourth-order valence-electron chi connectivity index (χ4n) is 2.08. The summed E-state index contributed by atoms with van der Waals surface area (Å²) in [5, 5.41) is 1.65. The first kappa shape index (κ1) is 15.6. The predicted octanol–water partition coefficient (Wildman–Crippen LogP) is 3.92. The highest BCUT2D eigenvalue weighted by Gasteiger charge is 2.23. The maximum atomic E-state index is 12.6. The Bertz CT molecular complexity index is 807. The Morgan fingerprint density at radius 2 is 2.13 bits per heavy atom. The number of aromatic nitrogens is 3. The number of amides is 1. The lowest BCUT2D eigenvalue weighted by molar-refractivity contribution is 0.0984. The molecule has 5 nitrogen and oxygen atoms in total. The van der Waals surface area contributed by atoms with Gasteiger partial charge in [0.05, 0.1) is 0 Å². The van der Waals surface area contributed by atoms with Crippen LogP contribution in [0, 0.1) is 0 Å². The molecule has 0 saturated carbocycles. The molecule has 0 N–H and O–H groups in total. The van der Waals surface area contributed by atoms with Crippen LogP contribution in [0.2, 0.25) is 5.15 Å². The fraction of sp³-hybridized carbons (Fsp3) is 0.125. The van der Waals surface area contributed by atoms with Gasteiger partial charge in [-0.25, -0.2) is 4.98 Å². The fourth-order valence-corrected chi connectivity index (χ4v) is 3.44. The van der Waals surface area contributed by atoms with Gasteiger partial charge in [0.1, 0.15) is 15.7 Å². The number of carbonyl (C=O) groups excluding carboxylic acids is 1. The predicted molar refractivity (Wildman–Crippen MR) is 91.9 cm³/mol. The Kier molecular flexibility index (Phi) is 4.64. The second-order valence-electron chi connectivity index (χ2n) is 4.62. The van der Waals surface area contributed by atoms with Crippen molar-refractivity contribution in [3.63, 3.8) is 0 Å². The van der Waals surface area contributed by atoms with Crippen molar-refractivity contribution in [2.45, 2.75) is 6.92 Å². The van der Waals surface area contributed by atoms with Crippen LogP contribution >= 0.6 is 22.9 Å². The Balaban J connectivity index is 1.96. The van der Waals surface area contributed by atoms with Crippen LogP contribution in [0.3, 0.4) is 0 Å². The summed E-state index contributed by atoms with van der Waals surface area (Å²) in [4.78, 5) is 26.8. The number of nitrogens with zero attached hydrogens (tertiary/aromatic N) is 4. The molecule has 3 rings (SSSR count). The molecule has 23 heavy (non-hydrogen) atoms. The molecular weight excluding hydrogens is 332 g/mol. The molecule has 3 heterocycles. The van der Waals surface area contributed by atoms with Crippen LogP contribution in [-0.4, -0.2) is 27.4 Å². The first-order valence-electron chi connectivity index (χ1n) is 7.00. The molecule has 0 bridgehead atoms. The molecule has 3 aromatic rings. The Labute approximate surface area is 142 Å². The molecule has 0 atom stereocenters. The largest absolute Gasteiger partial charge is 0.296 e. The van der Waals surface area contributed by atoms with Crippen LogP contribution in [0.1, 0.15) is 17.4 Å². The first-order chi connectivity index (χ1) is 11.2. The van der Waals surface area contributed by atoms with E-state index in [2.05, 4.69) is 15.0 Å². The van der Waals surface area contributed by atoms with Gasteiger partial charge in [0.2, 0.25) is 0 Å². The van der Waals surface area contributed by atoms with Gasteiger partial charge in [-0.1, -0.05) is 29.0 Å². The highest BCUT2D eigenvalue weighted by Crippen LogP contribution is 2.37. The summed E-state index contributed by atoms with van der Waals surface area (Å²) >= 11 is 7.63. The molecule has 0 aliphatic heterocycles. The molecular formula is C16H13ClN4OS. The zero-order valence-electron chi connectivity index (χ0n) is 12.3. The second kappa shape index (κ2) is 6.85. The topological polar surface area (TPSA) is 59.0 Å². The van der Waals surface area contributed by atoms with Crippen molar-refractivity contribution in [2.75, 3.05) is 11.4 Å². The van der Waals surface area contributed by atoms with Crippen LogP contribution in [0.25, 0.3) is 10.6 Å². The van der Waals surface area contributed by atoms with E-state index in [1.807, 2.05) is 19.1 Å². The van der Waals surface area contributed by atoms with Crippen molar-refractivity contribution in [3.8, 4) is 10.6 Å². The smallest absolute Gasteiger partial charge is 0.277 e. The van der Waals surface area contributed by atoms with E-state index < -0.39 is 0 Å². The normalized spacial score (nSPS) is 10.5. The molecule has 0 unspecified atom stereocenters. The molecule has 0 saturated heterocycles. The Morgan fingerprint density at radius 1 is 1.26 bits per heavy atom. The van der Waals surface area contributed by atoms with Gasteiger partial charge in [-0.15, -0.1) is 0 Å². The van der Waals surface area contributed by atoms with E-state index in [4.69, 9.17) is 11.6 Å². The Hall–Kier alpha value is -2.31. The number of thiazole rings is 1. The summed E-state index contributed by atoms with van der Waals surface area (Å²) in [6, 6.07) is 8.97. The SMILES string of the molecule is CCN(C(=O)c1ccccn1)c1sc(-c2cccnc2)nc1Cl. The number of hydrogen-bond acceptors (Lipinski definition) is 5. The van der Waals surface area contributed by atoms with E-state index in [9.17, 15) is 4.79 Å². The van der Waals surface area contributed by atoms with E-state index in [1.165, 1.54) is 11.3 Å². The van der Waals surface area contributed by atoms with E-state index in [1.54, 1.807) is 41.7 Å². The molecule has 7 heteroatoms. The van der Waals surface area contributed by atoms with Gasteiger partial charge in [0.15, 0.2) is 5.15 Å². The minimum absolute atomic E-state index is 0.198. The molecule has 0 aromatic carbocycles. The van der Waals surface area contributed by atoms with Crippen LogP contribution in [0.5, 0.6) is 0 Å². The molecule has 0 spiro atoms. The summed E-state index contributed by atoms with van der Waals surface area (Å²) < 4.78 is 0. The molecule has 0 radical (unpaired) electrons. The van der Waals surface area contributed by atoms with Crippen LogP contribution in [0.4, 0.5) is 5.00 Å². The number of pyridine rings is 2. The molecule has 3 aromatic heterocycles. The van der Waals surface area contributed by atoms with Gasteiger partial charge in [-0.3, -0.25) is 19.7 Å². The van der Waals surface area contributed by atoms with Gasteiger partial charge in [0, 0.05) is 30.7 Å². The summed E-state index contributed by atoms with van der Waals surface area (Å²) in [5.41, 5.74) is 1.24. The number of anilines is 1. The summed E-state index contributed by atoms with van der Waals surface area (Å²) in [5.74, 6) is -0.198. The third-order valence-electron chi connectivity index (χ3n) is 3.17. The summed E-state index contributed by atoms with van der Waals surface area (Å²) in [6.07, 6.45) is 5.01. The number of halogens is 1. The maximum Gasteiger partial charge on any atom is 0.277 e. The van der Waals surface area contributed by atoms with E-state index in [0.29, 0.717) is 22.4 Å². The molecule has 0 aliphatic carbocycles. The van der Waals surface area contributed by atoms with Gasteiger partial charge in [0.25, 0.3) is 5.91 Å².